The summed E-state index contributed by atoms with van der Waals surface area (Å²) in [5.74, 6) is -0.392. The third-order valence-corrected chi connectivity index (χ3v) is 1.91. The molecule has 0 fully saturated rings. The second-order valence-electron chi connectivity index (χ2n) is 2.13. The van der Waals surface area contributed by atoms with Gasteiger partial charge in [0.1, 0.15) is 0 Å². The van der Waals surface area contributed by atoms with E-state index in [1.807, 2.05) is 0 Å². The number of carbonyl (C=O) groups is 1. The van der Waals surface area contributed by atoms with E-state index < -0.39 is 12.0 Å². The highest BCUT2D eigenvalue weighted by molar-refractivity contribution is 9.11. The molecule has 1 amide bonds. The molecule has 0 aromatic rings. The van der Waals surface area contributed by atoms with E-state index in [2.05, 4.69) is 15.9 Å². The van der Waals surface area contributed by atoms with Gasteiger partial charge in [0.15, 0.2) is 6.10 Å². The molecule has 0 saturated carbocycles. The summed E-state index contributed by atoms with van der Waals surface area (Å²) in [4.78, 5) is 10.5. The van der Waals surface area contributed by atoms with Gasteiger partial charge < -0.3 is 10.5 Å². The lowest BCUT2D eigenvalue weighted by Gasteiger charge is -2.17. The van der Waals surface area contributed by atoms with E-state index in [-0.39, 0.29) is 0 Å². The molecule has 1 rings (SSSR count). The van der Waals surface area contributed by atoms with E-state index in [4.69, 9.17) is 10.5 Å². The molecule has 0 aromatic heterocycles. The summed E-state index contributed by atoms with van der Waals surface area (Å²) in [6.07, 6.45) is 2.60. The van der Waals surface area contributed by atoms with Gasteiger partial charge in [-0.1, -0.05) is 15.9 Å². The molecule has 0 saturated heterocycles. The molecule has 1 heterocycles. The molecule has 0 radical (unpaired) electrons. The van der Waals surface area contributed by atoms with Crippen LogP contribution in [0.3, 0.4) is 0 Å². The van der Waals surface area contributed by atoms with Crippen LogP contribution in [0.4, 0.5) is 0 Å². The second-order valence-corrected chi connectivity index (χ2v) is 3.15. The van der Waals surface area contributed by atoms with Crippen molar-refractivity contribution in [2.24, 2.45) is 5.73 Å². The normalized spacial score (nSPS) is 24.9. The Morgan fingerprint density at radius 2 is 2.60 bits per heavy atom. The van der Waals surface area contributed by atoms with Crippen molar-refractivity contribution < 1.29 is 9.53 Å². The zero-order valence-corrected chi connectivity index (χ0v) is 6.93. The van der Waals surface area contributed by atoms with Gasteiger partial charge in [0.25, 0.3) is 5.91 Å². The van der Waals surface area contributed by atoms with Crippen LogP contribution in [0.5, 0.6) is 0 Å². The molecule has 0 aromatic carbocycles. The fourth-order valence-electron chi connectivity index (χ4n) is 0.761. The zero-order valence-electron chi connectivity index (χ0n) is 5.34. The number of hydrogen-bond acceptors (Lipinski definition) is 2. The van der Waals surface area contributed by atoms with Gasteiger partial charge in [-0.25, -0.2) is 0 Å². The molecule has 10 heavy (non-hydrogen) atoms. The molecule has 4 heteroatoms. The van der Waals surface area contributed by atoms with Crippen molar-refractivity contribution in [1.29, 1.82) is 0 Å². The maximum absolute atomic E-state index is 10.5. The number of ether oxygens (including phenoxy) is 1. The van der Waals surface area contributed by atoms with Crippen LogP contribution in [0, 0.1) is 0 Å². The predicted octanol–water partition coefficient (Wildman–Crippen LogP) is 0.887. The Hall–Kier alpha value is -0.510. The van der Waals surface area contributed by atoms with Crippen molar-refractivity contribution in [1.82, 2.24) is 0 Å². The first-order valence-corrected chi connectivity index (χ1v) is 3.79. The molecule has 3 nitrogen and oxygen atoms in total. The van der Waals surface area contributed by atoms with E-state index in [1.165, 1.54) is 6.26 Å². The van der Waals surface area contributed by atoms with Crippen LogP contribution in [0.15, 0.2) is 10.7 Å². The molecular weight excluding hydrogens is 198 g/mol. The first-order chi connectivity index (χ1) is 4.70. The van der Waals surface area contributed by atoms with Crippen molar-refractivity contribution in [3.05, 3.63) is 10.7 Å². The molecule has 1 aliphatic heterocycles. The Kier molecular flexibility index (Phi) is 2.32. The van der Waals surface area contributed by atoms with E-state index in [0.29, 0.717) is 6.42 Å². The monoisotopic (exact) mass is 205 g/mol. The highest BCUT2D eigenvalue weighted by Gasteiger charge is 2.18. The molecule has 56 valence electrons. The molecule has 0 aliphatic carbocycles. The standard InChI is InChI=1S/C6H8BrNO2/c7-4-1-2-5(6(8)9)10-3-4/h3,5H,1-2H2,(H2,8,9). The maximum Gasteiger partial charge on any atom is 0.258 e. The number of amides is 1. The van der Waals surface area contributed by atoms with Crippen molar-refractivity contribution in [3.8, 4) is 0 Å². The van der Waals surface area contributed by atoms with Crippen LogP contribution in [0.1, 0.15) is 12.8 Å². The second kappa shape index (κ2) is 3.05. The zero-order chi connectivity index (χ0) is 7.56. The molecule has 1 atom stereocenters. The van der Waals surface area contributed by atoms with Gasteiger partial charge in [-0.15, -0.1) is 0 Å². The van der Waals surface area contributed by atoms with Gasteiger partial charge >= 0.3 is 0 Å². The number of carbonyl (C=O) groups excluding carboxylic acids is 1. The average molecular weight is 206 g/mol. The van der Waals surface area contributed by atoms with Gasteiger partial charge in [0, 0.05) is 4.48 Å². The minimum absolute atomic E-state index is 0.392. The SMILES string of the molecule is NC(=O)C1CCC(Br)=CO1. The van der Waals surface area contributed by atoms with Crippen LogP contribution in [0.2, 0.25) is 0 Å². The fraction of sp³-hybridized carbons (Fsp3) is 0.500. The first-order valence-electron chi connectivity index (χ1n) is 2.99. The highest BCUT2D eigenvalue weighted by atomic mass is 79.9. The fourth-order valence-corrected chi connectivity index (χ4v) is 1.10. The summed E-state index contributed by atoms with van der Waals surface area (Å²) in [6.45, 7) is 0. The Labute approximate surface area is 67.4 Å². The Morgan fingerprint density at radius 3 is 3.00 bits per heavy atom. The van der Waals surface area contributed by atoms with Crippen molar-refractivity contribution in [2.45, 2.75) is 18.9 Å². The third kappa shape index (κ3) is 1.73. The van der Waals surface area contributed by atoms with Gasteiger partial charge in [-0.05, 0) is 12.8 Å². The maximum atomic E-state index is 10.5. The lowest BCUT2D eigenvalue weighted by atomic mass is 10.1. The minimum atomic E-state index is -0.429. The molecule has 0 spiro atoms. The van der Waals surface area contributed by atoms with E-state index in [0.717, 1.165) is 10.9 Å². The Bertz CT molecular complexity index is 179. The number of primary amides is 1. The lowest BCUT2D eigenvalue weighted by molar-refractivity contribution is -0.127. The molecular formula is C6H8BrNO2. The van der Waals surface area contributed by atoms with Gasteiger partial charge in [-0.3, -0.25) is 4.79 Å². The summed E-state index contributed by atoms with van der Waals surface area (Å²) in [7, 11) is 0. The first kappa shape index (κ1) is 7.60. The molecule has 2 N–H and O–H groups in total. The summed E-state index contributed by atoms with van der Waals surface area (Å²) in [5.41, 5.74) is 5.00. The molecule has 0 bridgehead atoms. The highest BCUT2D eigenvalue weighted by Crippen LogP contribution is 2.21. The average Bonchev–Trinajstić information content (AvgIpc) is 1.88. The quantitative estimate of drug-likeness (QED) is 0.692. The smallest absolute Gasteiger partial charge is 0.258 e. The number of allylic oxidation sites excluding steroid dienone is 1. The van der Waals surface area contributed by atoms with Gasteiger partial charge in [0.2, 0.25) is 0 Å². The number of rotatable bonds is 1. The van der Waals surface area contributed by atoms with Crippen molar-refractivity contribution in [3.63, 3.8) is 0 Å². The van der Waals surface area contributed by atoms with Crippen LogP contribution in [-0.4, -0.2) is 12.0 Å². The van der Waals surface area contributed by atoms with Crippen LogP contribution >= 0.6 is 15.9 Å². The van der Waals surface area contributed by atoms with Crippen LogP contribution < -0.4 is 5.73 Å². The minimum Gasteiger partial charge on any atom is -0.487 e. The number of nitrogens with two attached hydrogens (primary N) is 1. The third-order valence-electron chi connectivity index (χ3n) is 1.32. The summed E-state index contributed by atoms with van der Waals surface area (Å²) >= 11 is 3.25. The largest absolute Gasteiger partial charge is 0.487 e. The topological polar surface area (TPSA) is 52.3 Å². The van der Waals surface area contributed by atoms with Crippen molar-refractivity contribution >= 4 is 21.8 Å². The lowest BCUT2D eigenvalue weighted by Crippen LogP contribution is -2.31. The predicted molar refractivity (Wildman–Crippen MR) is 40.3 cm³/mol. The molecule has 1 aliphatic rings. The van der Waals surface area contributed by atoms with Crippen LogP contribution in [0.25, 0.3) is 0 Å². The Morgan fingerprint density at radius 1 is 1.90 bits per heavy atom. The molecule has 1 unspecified atom stereocenters. The van der Waals surface area contributed by atoms with Crippen LogP contribution in [-0.2, 0) is 9.53 Å². The summed E-state index contributed by atoms with van der Waals surface area (Å²) < 4.78 is 5.95. The Balaban J connectivity index is 2.50. The van der Waals surface area contributed by atoms with Gasteiger partial charge in [-0.2, -0.15) is 0 Å². The number of halogens is 1. The van der Waals surface area contributed by atoms with E-state index in [1.54, 1.807) is 0 Å². The van der Waals surface area contributed by atoms with E-state index >= 15 is 0 Å². The number of hydrogen-bond donors (Lipinski definition) is 1. The summed E-state index contributed by atoms with van der Waals surface area (Å²) in [5, 5.41) is 0. The van der Waals surface area contributed by atoms with Gasteiger partial charge in [0.05, 0.1) is 6.26 Å². The summed E-state index contributed by atoms with van der Waals surface area (Å²) in [6, 6.07) is 0. The van der Waals surface area contributed by atoms with Crippen molar-refractivity contribution in [2.75, 3.05) is 0 Å². The van der Waals surface area contributed by atoms with E-state index in [9.17, 15) is 4.79 Å².